The quantitative estimate of drug-likeness (QED) is 0.771. The Kier molecular flexibility index (Phi) is 6.29. The summed E-state index contributed by atoms with van der Waals surface area (Å²) in [5, 5.41) is 0.510. The molecule has 2 aromatic rings. The number of anilines is 2. The van der Waals surface area contributed by atoms with Crippen molar-refractivity contribution in [1.82, 2.24) is 0 Å². The average molecular weight is 409 g/mol. The van der Waals surface area contributed by atoms with Gasteiger partial charge in [-0.15, -0.1) is 0 Å². The first-order valence-electron chi connectivity index (χ1n) is 9.42. The van der Waals surface area contributed by atoms with Crippen molar-refractivity contribution in [3.05, 3.63) is 53.1 Å². The van der Waals surface area contributed by atoms with E-state index in [0.717, 1.165) is 50.4 Å². The molecule has 1 fully saturated rings. The first-order chi connectivity index (χ1) is 12.9. The Morgan fingerprint density at radius 3 is 2.33 bits per heavy atom. The molecule has 27 heavy (non-hydrogen) atoms. The van der Waals surface area contributed by atoms with E-state index >= 15 is 0 Å². The number of aryl methyl sites for hydroxylation is 1. The molecule has 1 saturated heterocycles. The van der Waals surface area contributed by atoms with Gasteiger partial charge < -0.3 is 9.80 Å². The Morgan fingerprint density at radius 1 is 1.07 bits per heavy atom. The van der Waals surface area contributed by atoms with Gasteiger partial charge in [-0.25, -0.2) is 8.42 Å². The van der Waals surface area contributed by atoms with E-state index in [1.807, 2.05) is 31.2 Å². The van der Waals surface area contributed by atoms with Gasteiger partial charge in [-0.05, 0) is 49.2 Å². The van der Waals surface area contributed by atoms with Gasteiger partial charge in [-0.3, -0.25) is 4.72 Å². The highest BCUT2D eigenvalue weighted by Crippen LogP contribution is 2.31. The SMILES string of the molecule is CCc1ccc(S(=O)(=O)Nc2cc(Cl)ccc2N2CC[NH+](CC)CC2)cc1. The fourth-order valence-electron chi connectivity index (χ4n) is 3.39. The van der Waals surface area contributed by atoms with Crippen molar-refractivity contribution in [2.45, 2.75) is 25.2 Å². The molecule has 1 heterocycles. The van der Waals surface area contributed by atoms with E-state index in [1.54, 1.807) is 23.1 Å². The number of hydrogen-bond acceptors (Lipinski definition) is 3. The molecule has 2 N–H and O–H groups in total. The number of nitrogens with zero attached hydrogens (tertiary/aromatic N) is 1. The topological polar surface area (TPSA) is 53.9 Å². The minimum absolute atomic E-state index is 0.255. The Bertz CT molecular complexity index is 877. The zero-order valence-corrected chi connectivity index (χ0v) is 17.4. The monoisotopic (exact) mass is 408 g/mol. The van der Waals surface area contributed by atoms with E-state index in [1.165, 1.54) is 0 Å². The summed E-state index contributed by atoms with van der Waals surface area (Å²) in [6.07, 6.45) is 0.873. The summed E-state index contributed by atoms with van der Waals surface area (Å²) in [6, 6.07) is 12.4. The van der Waals surface area contributed by atoms with Gasteiger partial charge in [-0.2, -0.15) is 0 Å². The molecular weight excluding hydrogens is 382 g/mol. The van der Waals surface area contributed by atoms with E-state index in [4.69, 9.17) is 11.6 Å². The molecule has 0 bridgehead atoms. The summed E-state index contributed by atoms with van der Waals surface area (Å²) in [7, 11) is -3.67. The van der Waals surface area contributed by atoms with Crippen LogP contribution >= 0.6 is 11.6 Å². The largest absolute Gasteiger partial charge is 0.359 e. The maximum absolute atomic E-state index is 12.9. The molecule has 1 aliphatic rings. The molecule has 2 aromatic carbocycles. The molecule has 0 unspecified atom stereocenters. The smallest absolute Gasteiger partial charge is 0.261 e. The standard InChI is InChI=1S/C20H26ClN3O2S/c1-3-16-5-8-18(9-6-16)27(25,26)22-19-15-17(21)7-10-20(19)24-13-11-23(4-2)12-14-24/h5-10,15,22H,3-4,11-14H2,1-2H3/p+1. The van der Waals surface area contributed by atoms with E-state index in [0.29, 0.717) is 10.7 Å². The van der Waals surface area contributed by atoms with Crippen molar-refractivity contribution in [2.75, 3.05) is 42.3 Å². The summed E-state index contributed by atoms with van der Waals surface area (Å²) < 4.78 is 28.5. The molecule has 3 rings (SSSR count). The predicted molar refractivity (Wildman–Crippen MR) is 112 cm³/mol. The van der Waals surface area contributed by atoms with Gasteiger partial charge in [0.05, 0.1) is 49.0 Å². The predicted octanol–water partition coefficient (Wildman–Crippen LogP) is 2.43. The molecular formula is C20H27ClN3O2S+. The van der Waals surface area contributed by atoms with Crippen LogP contribution in [0.3, 0.4) is 0 Å². The van der Waals surface area contributed by atoms with Gasteiger partial charge in [0, 0.05) is 5.02 Å². The highest BCUT2D eigenvalue weighted by Gasteiger charge is 2.23. The van der Waals surface area contributed by atoms with E-state index in [-0.39, 0.29) is 4.90 Å². The Morgan fingerprint density at radius 2 is 1.74 bits per heavy atom. The lowest BCUT2D eigenvalue weighted by molar-refractivity contribution is -0.898. The molecule has 0 saturated carbocycles. The van der Waals surface area contributed by atoms with Gasteiger partial charge in [0.1, 0.15) is 0 Å². The lowest BCUT2D eigenvalue weighted by Gasteiger charge is -2.34. The third-order valence-corrected chi connectivity index (χ3v) is 6.77. The van der Waals surface area contributed by atoms with Gasteiger partial charge >= 0.3 is 0 Å². The van der Waals surface area contributed by atoms with Gasteiger partial charge in [-0.1, -0.05) is 30.7 Å². The number of rotatable bonds is 6. The van der Waals surface area contributed by atoms with Crippen LogP contribution in [0.5, 0.6) is 0 Å². The molecule has 0 aliphatic carbocycles. The van der Waals surface area contributed by atoms with Gasteiger partial charge in [0.25, 0.3) is 10.0 Å². The molecule has 0 spiro atoms. The Balaban J connectivity index is 1.86. The highest BCUT2D eigenvalue weighted by molar-refractivity contribution is 7.92. The van der Waals surface area contributed by atoms with Crippen molar-refractivity contribution in [3.8, 4) is 0 Å². The second-order valence-corrected chi connectivity index (χ2v) is 8.97. The van der Waals surface area contributed by atoms with Crippen LogP contribution in [0.25, 0.3) is 0 Å². The molecule has 0 amide bonds. The zero-order chi connectivity index (χ0) is 19.4. The molecule has 0 atom stereocenters. The second-order valence-electron chi connectivity index (χ2n) is 6.86. The van der Waals surface area contributed by atoms with Crippen molar-refractivity contribution in [3.63, 3.8) is 0 Å². The summed E-state index contributed by atoms with van der Waals surface area (Å²) in [4.78, 5) is 4.05. The van der Waals surface area contributed by atoms with Crippen molar-refractivity contribution in [2.24, 2.45) is 0 Å². The zero-order valence-electron chi connectivity index (χ0n) is 15.8. The van der Waals surface area contributed by atoms with Gasteiger partial charge in [0.15, 0.2) is 0 Å². The summed E-state index contributed by atoms with van der Waals surface area (Å²) in [6.45, 7) is 9.22. The normalized spacial score (nSPS) is 15.7. The number of halogens is 1. The van der Waals surface area contributed by atoms with E-state index in [9.17, 15) is 8.42 Å². The van der Waals surface area contributed by atoms with Crippen LogP contribution in [-0.2, 0) is 16.4 Å². The molecule has 146 valence electrons. The first kappa shape index (κ1) is 20.0. The van der Waals surface area contributed by atoms with Crippen LogP contribution in [0.4, 0.5) is 11.4 Å². The summed E-state index contributed by atoms with van der Waals surface area (Å²) in [5.74, 6) is 0. The minimum atomic E-state index is -3.67. The number of hydrogen-bond donors (Lipinski definition) is 2. The number of quaternary nitrogens is 1. The fraction of sp³-hybridized carbons (Fsp3) is 0.400. The van der Waals surface area contributed by atoms with E-state index < -0.39 is 10.0 Å². The summed E-state index contributed by atoms with van der Waals surface area (Å²) in [5.41, 5.74) is 2.51. The van der Waals surface area contributed by atoms with Crippen LogP contribution < -0.4 is 14.5 Å². The lowest BCUT2D eigenvalue weighted by atomic mass is 10.2. The highest BCUT2D eigenvalue weighted by atomic mass is 35.5. The third-order valence-electron chi connectivity index (χ3n) is 5.16. The average Bonchev–Trinajstić information content (AvgIpc) is 2.68. The number of nitrogens with one attached hydrogen (secondary N) is 2. The molecule has 5 nitrogen and oxygen atoms in total. The number of sulfonamides is 1. The van der Waals surface area contributed by atoms with E-state index in [2.05, 4.69) is 16.5 Å². The second kappa shape index (κ2) is 8.50. The van der Waals surface area contributed by atoms with Crippen molar-refractivity contribution < 1.29 is 13.3 Å². The van der Waals surface area contributed by atoms with Crippen LogP contribution in [0.15, 0.2) is 47.4 Å². The number of benzene rings is 2. The molecule has 0 aromatic heterocycles. The first-order valence-corrected chi connectivity index (χ1v) is 11.3. The minimum Gasteiger partial charge on any atom is -0.359 e. The van der Waals surface area contributed by atoms with Crippen LogP contribution in [0.1, 0.15) is 19.4 Å². The van der Waals surface area contributed by atoms with Crippen molar-refractivity contribution >= 4 is 33.0 Å². The van der Waals surface area contributed by atoms with Crippen LogP contribution in [-0.4, -0.2) is 41.1 Å². The molecule has 7 heteroatoms. The molecule has 0 radical (unpaired) electrons. The third kappa shape index (κ3) is 4.75. The maximum Gasteiger partial charge on any atom is 0.261 e. The number of piperazine rings is 1. The van der Waals surface area contributed by atoms with Gasteiger partial charge in [0.2, 0.25) is 0 Å². The fourth-order valence-corrected chi connectivity index (χ4v) is 4.63. The summed E-state index contributed by atoms with van der Waals surface area (Å²) >= 11 is 6.16. The lowest BCUT2D eigenvalue weighted by Crippen LogP contribution is -3.14. The van der Waals surface area contributed by atoms with Crippen molar-refractivity contribution in [1.29, 1.82) is 0 Å². The Labute approximate surface area is 167 Å². The maximum atomic E-state index is 12.9. The Hall–Kier alpha value is -1.76. The number of likely N-dealkylation sites (N-methyl/N-ethyl adjacent to an activating group) is 1. The van der Waals surface area contributed by atoms with Crippen LogP contribution in [0, 0.1) is 0 Å². The molecule has 1 aliphatic heterocycles. The van der Waals surface area contributed by atoms with Crippen LogP contribution in [0.2, 0.25) is 5.02 Å².